The Morgan fingerprint density at radius 2 is 2.14 bits per heavy atom. The van der Waals surface area contributed by atoms with E-state index in [2.05, 4.69) is 12.6 Å². The van der Waals surface area contributed by atoms with Gasteiger partial charge in [0.1, 0.15) is 6.04 Å². The lowest BCUT2D eigenvalue weighted by atomic mass is 10.2. The fourth-order valence-corrected chi connectivity index (χ4v) is 1.30. The van der Waals surface area contributed by atoms with Gasteiger partial charge < -0.3 is 4.90 Å². The zero-order chi connectivity index (χ0) is 10.4. The van der Waals surface area contributed by atoms with Crippen molar-refractivity contribution in [2.45, 2.75) is 12.5 Å². The molecule has 0 aromatic heterocycles. The number of benzene rings is 1. The minimum absolute atomic E-state index is 0.130. The summed E-state index contributed by atoms with van der Waals surface area (Å²) >= 11 is 0. The van der Waals surface area contributed by atoms with E-state index < -0.39 is 0 Å². The van der Waals surface area contributed by atoms with E-state index in [1.54, 1.807) is 6.08 Å². The molecule has 0 spiro atoms. The summed E-state index contributed by atoms with van der Waals surface area (Å²) in [5.41, 5.74) is 1.06. The Bertz CT molecular complexity index is 324. The highest BCUT2D eigenvalue weighted by Gasteiger charge is 2.11. The van der Waals surface area contributed by atoms with Gasteiger partial charge in [0.15, 0.2) is 0 Å². The molecule has 0 aliphatic carbocycles. The van der Waals surface area contributed by atoms with Gasteiger partial charge in [-0.3, -0.25) is 0 Å². The second kappa shape index (κ2) is 5.08. The Hall–Kier alpha value is -1.75. The predicted octanol–water partition coefficient (Wildman–Crippen LogP) is 2.59. The molecule has 0 saturated carbocycles. The average molecular weight is 186 g/mol. The van der Waals surface area contributed by atoms with Crippen molar-refractivity contribution in [2.75, 3.05) is 11.9 Å². The second-order valence-corrected chi connectivity index (χ2v) is 3.12. The van der Waals surface area contributed by atoms with E-state index in [0.717, 1.165) is 5.69 Å². The van der Waals surface area contributed by atoms with Crippen molar-refractivity contribution in [3.63, 3.8) is 0 Å². The van der Waals surface area contributed by atoms with E-state index in [1.165, 1.54) is 0 Å². The number of anilines is 1. The Morgan fingerprint density at radius 1 is 1.50 bits per heavy atom. The Morgan fingerprint density at radius 3 is 2.64 bits per heavy atom. The average Bonchev–Trinajstić information content (AvgIpc) is 2.26. The lowest BCUT2D eigenvalue weighted by Crippen LogP contribution is -2.29. The molecule has 14 heavy (non-hydrogen) atoms. The first-order valence-electron chi connectivity index (χ1n) is 4.58. The fourth-order valence-electron chi connectivity index (χ4n) is 1.30. The molecule has 0 N–H and O–H groups in total. The van der Waals surface area contributed by atoms with Crippen molar-refractivity contribution >= 4 is 5.69 Å². The smallest absolute Gasteiger partial charge is 0.120 e. The topological polar surface area (TPSA) is 27.0 Å². The highest BCUT2D eigenvalue weighted by molar-refractivity contribution is 5.47. The molecule has 2 nitrogen and oxygen atoms in total. The highest BCUT2D eigenvalue weighted by Crippen LogP contribution is 2.15. The Balaban J connectivity index is 2.78. The van der Waals surface area contributed by atoms with Crippen LogP contribution >= 0.6 is 0 Å². The zero-order valence-electron chi connectivity index (χ0n) is 8.35. The summed E-state index contributed by atoms with van der Waals surface area (Å²) in [5, 5.41) is 8.95. The van der Waals surface area contributed by atoms with Gasteiger partial charge in [0.25, 0.3) is 0 Å². The van der Waals surface area contributed by atoms with Crippen LogP contribution in [-0.4, -0.2) is 13.1 Å². The van der Waals surface area contributed by atoms with Crippen LogP contribution in [-0.2, 0) is 0 Å². The molecule has 1 rings (SSSR count). The van der Waals surface area contributed by atoms with E-state index in [1.807, 2.05) is 42.3 Å². The maximum atomic E-state index is 8.95. The molecule has 2 heteroatoms. The van der Waals surface area contributed by atoms with E-state index in [4.69, 9.17) is 5.26 Å². The minimum atomic E-state index is -0.130. The molecule has 1 unspecified atom stereocenters. The van der Waals surface area contributed by atoms with Gasteiger partial charge in [-0.1, -0.05) is 24.3 Å². The molecule has 1 aromatic carbocycles. The summed E-state index contributed by atoms with van der Waals surface area (Å²) < 4.78 is 0. The van der Waals surface area contributed by atoms with Gasteiger partial charge in [-0.2, -0.15) is 5.26 Å². The van der Waals surface area contributed by atoms with Gasteiger partial charge in [0.05, 0.1) is 6.07 Å². The van der Waals surface area contributed by atoms with Crippen molar-refractivity contribution in [3.8, 4) is 6.07 Å². The fraction of sp³-hybridized carbons (Fsp3) is 0.250. The largest absolute Gasteiger partial charge is 0.359 e. The van der Waals surface area contributed by atoms with Gasteiger partial charge in [-0.15, -0.1) is 6.58 Å². The molecule has 0 amide bonds. The van der Waals surface area contributed by atoms with Crippen molar-refractivity contribution in [3.05, 3.63) is 43.0 Å². The van der Waals surface area contributed by atoms with Crippen LogP contribution in [0.25, 0.3) is 0 Å². The van der Waals surface area contributed by atoms with Crippen LogP contribution < -0.4 is 4.90 Å². The summed E-state index contributed by atoms with van der Waals surface area (Å²) in [6, 6.07) is 12.0. The van der Waals surface area contributed by atoms with Gasteiger partial charge >= 0.3 is 0 Å². The molecule has 0 heterocycles. The molecule has 0 aliphatic rings. The number of para-hydroxylation sites is 1. The van der Waals surface area contributed by atoms with E-state index in [0.29, 0.717) is 6.42 Å². The van der Waals surface area contributed by atoms with Crippen molar-refractivity contribution < 1.29 is 0 Å². The Kier molecular flexibility index (Phi) is 3.75. The third kappa shape index (κ3) is 2.37. The minimum Gasteiger partial charge on any atom is -0.359 e. The molecular weight excluding hydrogens is 172 g/mol. The standard InChI is InChI=1S/C12H14N2/c1-3-7-12(10-13)14(2)11-8-5-4-6-9-11/h3-6,8-9,12H,1,7H2,2H3. The van der Waals surface area contributed by atoms with E-state index in [-0.39, 0.29) is 6.04 Å². The van der Waals surface area contributed by atoms with Crippen LogP contribution in [0.3, 0.4) is 0 Å². The molecule has 0 aliphatic heterocycles. The summed E-state index contributed by atoms with van der Waals surface area (Å²) in [4.78, 5) is 1.96. The second-order valence-electron chi connectivity index (χ2n) is 3.12. The number of hydrogen-bond acceptors (Lipinski definition) is 2. The van der Waals surface area contributed by atoms with E-state index in [9.17, 15) is 0 Å². The van der Waals surface area contributed by atoms with Crippen molar-refractivity contribution in [1.29, 1.82) is 5.26 Å². The van der Waals surface area contributed by atoms with Crippen LogP contribution in [0.5, 0.6) is 0 Å². The van der Waals surface area contributed by atoms with Gasteiger partial charge in [-0.25, -0.2) is 0 Å². The molecule has 0 radical (unpaired) electrons. The van der Waals surface area contributed by atoms with Crippen LogP contribution in [0.2, 0.25) is 0 Å². The Labute approximate surface area is 85.1 Å². The highest BCUT2D eigenvalue weighted by atomic mass is 15.1. The number of rotatable bonds is 4. The first-order valence-corrected chi connectivity index (χ1v) is 4.58. The zero-order valence-corrected chi connectivity index (χ0v) is 8.35. The van der Waals surface area contributed by atoms with Crippen molar-refractivity contribution in [1.82, 2.24) is 0 Å². The van der Waals surface area contributed by atoms with Crippen LogP contribution in [0.15, 0.2) is 43.0 Å². The van der Waals surface area contributed by atoms with Crippen LogP contribution in [0.4, 0.5) is 5.69 Å². The summed E-state index contributed by atoms with van der Waals surface area (Å²) in [6.07, 6.45) is 2.45. The first kappa shape index (κ1) is 10.3. The maximum Gasteiger partial charge on any atom is 0.120 e. The molecule has 72 valence electrons. The molecular formula is C12H14N2. The summed E-state index contributed by atoms with van der Waals surface area (Å²) in [6.45, 7) is 3.65. The van der Waals surface area contributed by atoms with Gasteiger partial charge in [-0.05, 0) is 18.6 Å². The summed E-state index contributed by atoms with van der Waals surface area (Å²) in [5.74, 6) is 0. The third-order valence-electron chi connectivity index (χ3n) is 2.17. The van der Waals surface area contributed by atoms with Gasteiger partial charge in [0, 0.05) is 12.7 Å². The lowest BCUT2D eigenvalue weighted by Gasteiger charge is -2.23. The SMILES string of the molecule is C=CCC(C#N)N(C)c1ccccc1. The molecule has 0 bridgehead atoms. The summed E-state index contributed by atoms with van der Waals surface area (Å²) in [7, 11) is 1.92. The molecule has 1 atom stereocenters. The molecule has 0 saturated heterocycles. The quantitative estimate of drug-likeness (QED) is 0.676. The molecule has 1 aromatic rings. The number of hydrogen-bond donors (Lipinski definition) is 0. The molecule has 0 fully saturated rings. The number of nitriles is 1. The van der Waals surface area contributed by atoms with Crippen LogP contribution in [0.1, 0.15) is 6.42 Å². The van der Waals surface area contributed by atoms with Gasteiger partial charge in [0.2, 0.25) is 0 Å². The number of nitrogens with zero attached hydrogens (tertiary/aromatic N) is 2. The van der Waals surface area contributed by atoms with Crippen molar-refractivity contribution in [2.24, 2.45) is 0 Å². The predicted molar refractivity (Wildman–Crippen MR) is 59.1 cm³/mol. The third-order valence-corrected chi connectivity index (χ3v) is 2.17. The lowest BCUT2D eigenvalue weighted by molar-refractivity contribution is 0.773. The maximum absolute atomic E-state index is 8.95. The first-order chi connectivity index (χ1) is 6.79. The monoisotopic (exact) mass is 186 g/mol. The normalized spacial score (nSPS) is 11.4. The van der Waals surface area contributed by atoms with Crippen LogP contribution in [0, 0.1) is 11.3 Å². The van der Waals surface area contributed by atoms with E-state index >= 15 is 0 Å².